The summed E-state index contributed by atoms with van der Waals surface area (Å²) in [7, 11) is 0. The minimum atomic E-state index is -0.252. The van der Waals surface area contributed by atoms with Crippen LogP contribution in [0.25, 0.3) is 0 Å². The molecule has 7 heteroatoms. The molecule has 180 valence electrons. The van der Waals surface area contributed by atoms with E-state index in [0.717, 1.165) is 61.2 Å². The number of carbonyl (C=O) groups is 2. The van der Waals surface area contributed by atoms with E-state index in [2.05, 4.69) is 4.98 Å². The van der Waals surface area contributed by atoms with Gasteiger partial charge in [0.1, 0.15) is 12.4 Å². The monoisotopic (exact) mass is 481 g/mol. The highest BCUT2D eigenvalue weighted by atomic mass is 35.5. The number of aromatic nitrogens is 1. The van der Waals surface area contributed by atoms with Gasteiger partial charge in [-0.15, -0.1) is 0 Å². The number of nitrogens with zero attached hydrogens (tertiary/aromatic N) is 3. The second kappa shape index (κ2) is 10.3. The molecule has 2 aromatic rings. The van der Waals surface area contributed by atoms with Gasteiger partial charge in [0.05, 0.1) is 11.7 Å². The Bertz CT molecular complexity index is 1040. The van der Waals surface area contributed by atoms with Gasteiger partial charge >= 0.3 is 0 Å². The second-order valence-corrected chi connectivity index (χ2v) is 10.0. The number of benzene rings is 1. The van der Waals surface area contributed by atoms with Crippen LogP contribution in [0.5, 0.6) is 5.75 Å². The van der Waals surface area contributed by atoms with E-state index in [9.17, 15) is 9.59 Å². The van der Waals surface area contributed by atoms with Gasteiger partial charge in [-0.25, -0.2) is 0 Å². The molecule has 34 heavy (non-hydrogen) atoms. The number of fused-ring (bicyclic) bond motifs is 1. The molecule has 1 aromatic heterocycles. The van der Waals surface area contributed by atoms with Crippen LogP contribution in [-0.4, -0.2) is 46.2 Å². The summed E-state index contributed by atoms with van der Waals surface area (Å²) in [5.74, 6) is 1.18. The van der Waals surface area contributed by atoms with E-state index in [0.29, 0.717) is 37.6 Å². The quantitative estimate of drug-likeness (QED) is 0.586. The molecular formula is C27H32ClN3O3. The van der Waals surface area contributed by atoms with Crippen molar-refractivity contribution in [3.63, 3.8) is 0 Å². The average molecular weight is 482 g/mol. The van der Waals surface area contributed by atoms with Gasteiger partial charge in [0.25, 0.3) is 0 Å². The highest BCUT2D eigenvalue weighted by Crippen LogP contribution is 2.42. The molecule has 2 aliphatic heterocycles. The Morgan fingerprint density at radius 1 is 1.06 bits per heavy atom. The molecule has 1 aliphatic carbocycles. The number of halogens is 1. The summed E-state index contributed by atoms with van der Waals surface area (Å²) in [6.45, 7) is 2.19. The van der Waals surface area contributed by atoms with E-state index in [1.165, 1.54) is 6.42 Å². The lowest BCUT2D eigenvalue weighted by atomic mass is 9.85. The molecule has 1 saturated heterocycles. The Hall–Kier alpha value is -2.60. The molecule has 6 nitrogen and oxygen atoms in total. The molecule has 0 spiro atoms. The first-order valence-electron chi connectivity index (χ1n) is 12.5. The first kappa shape index (κ1) is 23.2. The maximum Gasteiger partial charge on any atom is 0.226 e. The number of carbonyl (C=O) groups excluding carboxylic acids is 2. The molecule has 0 N–H and O–H groups in total. The predicted octanol–water partition coefficient (Wildman–Crippen LogP) is 4.94. The summed E-state index contributed by atoms with van der Waals surface area (Å²) in [5.41, 5.74) is 2.83. The Morgan fingerprint density at radius 3 is 2.65 bits per heavy atom. The maximum atomic E-state index is 13.7. The first-order chi connectivity index (χ1) is 16.6. The number of hydrogen-bond donors (Lipinski definition) is 0. The van der Waals surface area contributed by atoms with E-state index >= 15 is 0 Å². The second-order valence-electron chi connectivity index (χ2n) is 9.62. The van der Waals surface area contributed by atoms with Crippen molar-refractivity contribution < 1.29 is 14.3 Å². The number of ether oxygens (including phenoxy) is 1. The fourth-order valence-corrected chi connectivity index (χ4v) is 5.94. The summed E-state index contributed by atoms with van der Waals surface area (Å²) in [6.07, 6.45) is 9.23. The van der Waals surface area contributed by atoms with Gasteiger partial charge in [-0.05, 0) is 55.5 Å². The van der Waals surface area contributed by atoms with Crippen LogP contribution in [0, 0.1) is 5.92 Å². The van der Waals surface area contributed by atoms with Crippen LogP contribution in [0.15, 0.2) is 36.5 Å². The van der Waals surface area contributed by atoms with Gasteiger partial charge in [-0.2, -0.15) is 0 Å². The normalized spacial score (nSPS) is 21.0. The van der Waals surface area contributed by atoms with Crippen LogP contribution >= 0.6 is 11.6 Å². The summed E-state index contributed by atoms with van der Waals surface area (Å²) in [6, 6.07) is 9.28. The molecule has 0 radical (unpaired) electrons. The van der Waals surface area contributed by atoms with Crippen molar-refractivity contribution >= 4 is 23.4 Å². The zero-order chi connectivity index (χ0) is 23.5. The fraction of sp³-hybridized carbons (Fsp3) is 0.519. The number of likely N-dealkylation sites (tertiary alicyclic amines) is 1. The first-order valence-corrected chi connectivity index (χ1v) is 12.9. The molecule has 1 saturated carbocycles. The van der Waals surface area contributed by atoms with Crippen LogP contribution in [0.1, 0.15) is 67.8 Å². The lowest BCUT2D eigenvalue weighted by Crippen LogP contribution is -2.48. The van der Waals surface area contributed by atoms with Crippen LogP contribution < -0.4 is 4.74 Å². The lowest BCUT2D eigenvalue weighted by Gasteiger charge is -2.42. The van der Waals surface area contributed by atoms with E-state index in [1.54, 1.807) is 6.20 Å². The summed E-state index contributed by atoms with van der Waals surface area (Å²) in [4.78, 5) is 34.6. The largest absolute Gasteiger partial charge is 0.487 e. The maximum absolute atomic E-state index is 13.7. The molecule has 1 aromatic carbocycles. The van der Waals surface area contributed by atoms with Crippen LogP contribution in [0.3, 0.4) is 0 Å². The topological polar surface area (TPSA) is 62.7 Å². The van der Waals surface area contributed by atoms with E-state index < -0.39 is 0 Å². The van der Waals surface area contributed by atoms with Crippen molar-refractivity contribution in [3.8, 4) is 5.75 Å². The van der Waals surface area contributed by atoms with Crippen molar-refractivity contribution in [2.75, 3.05) is 19.6 Å². The Labute approximate surface area is 206 Å². The molecule has 2 fully saturated rings. The molecule has 0 bridgehead atoms. The zero-order valence-corrected chi connectivity index (χ0v) is 20.3. The lowest BCUT2D eigenvalue weighted by molar-refractivity contribution is -0.141. The van der Waals surface area contributed by atoms with Gasteiger partial charge in [-0.1, -0.05) is 36.9 Å². The van der Waals surface area contributed by atoms with Crippen LogP contribution in [-0.2, 0) is 22.6 Å². The molecule has 0 unspecified atom stereocenters. The highest BCUT2D eigenvalue weighted by Gasteiger charge is 2.39. The molecule has 3 heterocycles. The third kappa shape index (κ3) is 4.78. The predicted molar refractivity (Wildman–Crippen MR) is 131 cm³/mol. The molecule has 1 atom stereocenters. The van der Waals surface area contributed by atoms with Crippen LogP contribution in [0.4, 0.5) is 0 Å². The molecule has 2 amide bonds. The Morgan fingerprint density at radius 2 is 1.91 bits per heavy atom. The third-order valence-electron chi connectivity index (χ3n) is 7.48. The Kier molecular flexibility index (Phi) is 7.05. The molecular weight excluding hydrogens is 450 g/mol. The molecule has 3 aliphatic rings. The smallest absolute Gasteiger partial charge is 0.226 e. The van der Waals surface area contributed by atoms with Crippen molar-refractivity contribution in [2.45, 2.75) is 64.0 Å². The summed E-state index contributed by atoms with van der Waals surface area (Å²) < 4.78 is 6.28. The Balaban J connectivity index is 1.49. The average Bonchev–Trinajstić information content (AvgIpc) is 3.28. The zero-order valence-electron chi connectivity index (χ0n) is 19.5. The van der Waals surface area contributed by atoms with Crippen molar-refractivity contribution in [3.05, 3.63) is 58.4 Å². The third-order valence-corrected chi connectivity index (χ3v) is 7.83. The van der Waals surface area contributed by atoms with Crippen molar-refractivity contribution in [1.82, 2.24) is 14.8 Å². The standard InChI is InChI=1S/C27H32ClN3O3/c28-22-11-12-24(34-18-20-9-4-5-14-29-20)26-21(22)13-16-31(27(33)19-7-2-1-3-8-19)23(26)17-30-15-6-10-25(30)32/h4-5,9,11-12,14,19,23H,1-3,6-8,10,13,15-18H2/t23-/m1/s1. The van der Waals surface area contributed by atoms with Crippen molar-refractivity contribution in [1.29, 1.82) is 0 Å². The van der Waals surface area contributed by atoms with E-state index in [-0.39, 0.29) is 23.8 Å². The number of hydrogen-bond acceptors (Lipinski definition) is 4. The number of amides is 2. The summed E-state index contributed by atoms with van der Waals surface area (Å²) >= 11 is 6.67. The van der Waals surface area contributed by atoms with Gasteiger partial charge in [-0.3, -0.25) is 14.6 Å². The van der Waals surface area contributed by atoms with Gasteiger partial charge in [0.15, 0.2) is 0 Å². The fourth-order valence-electron chi connectivity index (χ4n) is 5.68. The minimum Gasteiger partial charge on any atom is -0.487 e. The van der Waals surface area contributed by atoms with E-state index in [1.807, 2.05) is 40.1 Å². The number of pyridine rings is 1. The summed E-state index contributed by atoms with van der Waals surface area (Å²) in [5, 5.41) is 0.697. The van der Waals surface area contributed by atoms with E-state index in [4.69, 9.17) is 16.3 Å². The van der Waals surface area contributed by atoms with Crippen molar-refractivity contribution in [2.24, 2.45) is 5.92 Å². The number of rotatable bonds is 6. The van der Waals surface area contributed by atoms with Gasteiger partial charge < -0.3 is 14.5 Å². The van der Waals surface area contributed by atoms with Gasteiger partial charge in [0, 0.05) is 48.8 Å². The molecule has 5 rings (SSSR count). The van der Waals surface area contributed by atoms with Crippen LogP contribution in [0.2, 0.25) is 5.02 Å². The van der Waals surface area contributed by atoms with Gasteiger partial charge in [0.2, 0.25) is 11.8 Å². The highest BCUT2D eigenvalue weighted by molar-refractivity contribution is 6.31. The SMILES string of the molecule is O=C1CCCN1C[C@@H]1c2c(OCc3ccccn3)ccc(Cl)c2CCN1C(=O)C1CCCCC1. The minimum absolute atomic E-state index is 0.0733.